The summed E-state index contributed by atoms with van der Waals surface area (Å²) < 4.78 is 5.23. The normalized spacial score (nSPS) is 38.1. The third kappa shape index (κ3) is 1.03. The molecule has 0 aromatic heterocycles. The number of hydrogen-bond acceptors (Lipinski definition) is 3. The highest BCUT2D eigenvalue weighted by Crippen LogP contribution is 2.30. The molecule has 0 aromatic carbocycles. The molecule has 0 bridgehead atoms. The average Bonchev–Trinajstić information content (AvgIpc) is 2.59. The Balaban J connectivity index is 2.28. The first kappa shape index (κ1) is 8.50. The van der Waals surface area contributed by atoms with Gasteiger partial charge in [-0.3, -0.25) is 10.1 Å². The molecule has 2 saturated heterocycles. The maximum atomic E-state index is 11.5. The van der Waals surface area contributed by atoms with Crippen molar-refractivity contribution in [3.63, 3.8) is 0 Å². The lowest BCUT2D eigenvalue weighted by molar-refractivity contribution is -0.125. The van der Waals surface area contributed by atoms with E-state index in [2.05, 4.69) is 10.6 Å². The highest BCUT2D eigenvalue weighted by molar-refractivity contribution is 6.07. The van der Waals surface area contributed by atoms with Gasteiger partial charge in [-0.1, -0.05) is 6.92 Å². The fourth-order valence-corrected chi connectivity index (χ4v) is 1.98. The molecule has 2 N–H and O–H groups in total. The van der Waals surface area contributed by atoms with Crippen LogP contribution < -0.4 is 10.6 Å². The fourth-order valence-electron chi connectivity index (χ4n) is 1.98. The first-order valence-corrected chi connectivity index (χ1v) is 4.40. The van der Waals surface area contributed by atoms with Gasteiger partial charge < -0.3 is 10.1 Å². The van der Waals surface area contributed by atoms with E-state index in [1.54, 1.807) is 0 Å². The van der Waals surface area contributed by atoms with E-state index < -0.39 is 11.6 Å². The Morgan fingerprint density at radius 2 is 2.38 bits per heavy atom. The minimum atomic E-state index is -0.786. The molecular weight excluding hydrogens is 172 g/mol. The molecule has 13 heavy (non-hydrogen) atoms. The molecule has 2 heterocycles. The molecule has 5 nitrogen and oxygen atoms in total. The zero-order chi connectivity index (χ0) is 9.47. The summed E-state index contributed by atoms with van der Waals surface area (Å²) in [7, 11) is 0. The van der Waals surface area contributed by atoms with Gasteiger partial charge in [-0.2, -0.15) is 0 Å². The second-order valence-corrected chi connectivity index (χ2v) is 3.50. The number of amides is 3. The Hall–Kier alpha value is -1.10. The van der Waals surface area contributed by atoms with Crippen molar-refractivity contribution < 1.29 is 14.3 Å². The molecule has 0 aliphatic carbocycles. The summed E-state index contributed by atoms with van der Waals surface area (Å²) in [5, 5.41) is 4.90. The van der Waals surface area contributed by atoms with Crippen LogP contribution in [0.3, 0.4) is 0 Å². The van der Waals surface area contributed by atoms with Gasteiger partial charge in [0.05, 0.1) is 13.2 Å². The topological polar surface area (TPSA) is 67.4 Å². The summed E-state index contributed by atoms with van der Waals surface area (Å²) in [5.41, 5.74) is -0.786. The second-order valence-electron chi connectivity index (χ2n) is 3.50. The second kappa shape index (κ2) is 2.70. The van der Waals surface area contributed by atoms with Crippen LogP contribution in [-0.4, -0.2) is 30.7 Å². The van der Waals surface area contributed by atoms with Crippen LogP contribution in [0.25, 0.3) is 0 Å². The van der Waals surface area contributed by atoms with Gasteiger partial charge in [-0.25, -0.2) is 4.79 Å². The molecule has 2 atom stereocenters. The number of imide groups is 1. The lowest BCUT2D eigenvalue weighted by atomic mass is 9.85. The Kier molecular flexibility index (Phi) is 1.76. The largest absolute Gasteiger partial charge is 0.378 e. The van der Waals surface area contributed by atoms with Crippen molar-refractivity contribution in [3.05, 3.63) is 0 Å². The SMILES string of the molecule is CCC1COCC12NC(=O)NC2=O. The lowest BCUT2D eigenvalue weighted by Gasteiger charge is -2.24. The van der Waals surface area contributed by atoms with Crippen LogP contribution in [0.1, 0.15) is 13.3 Å². The first-order valence-electron chi connectivity index (χ1n) is 4.40. The molecule has 0 radical (unpaired) electrons. The van der Waals surface area contributed by atoms with Gasteiger partial charge in [0, 0.05) is 5.92 Å². The molecule has 0 saturated carbocycles. The van der Waals surface area contributed by atoms with E-state index >= 15 is 0 Å². The Morgan fingerprint density at radius 1 is 1.62 bits per heavy atom. The predicted molar refractivity (Wildman–Crippen MR) is 44.0 cm³/mol. The van der Waals surface area contributed by atoms with Crippen LogP contribution in [0.5, 0.6) is 0 Å². The highest BCUT2D eigenvalue weighted by atomic mass is 16.5. The van der Waals surface area contributed by atoms with E-state index in [0.717, 1.165) is 6.42 Å². The Bertz CT molecular complexity index is 266. The number of urea groups is 1. The molecule has 2 fully saturated rings. The lowest BCUT2D eigenvalue weighted by Crippen LogP contribution is -2.52. The van der Waals surface area contributed by atoms with E-state index in [4.69, 9.17) is 4.74 Å². The fraction of sp³-hybridized carbons (Fsp3) is 0.750. The molecule has 1 spiro atoms. The molecule has 0 aromatic rings. The summed E-state index contributed by atoms with van der Waals surface area (Å²) >= 11 is 0. The van der Waals surface area contributed by atoms with Crippen LogP contribution in [0.4, 0.5) is 4.79 Å². The maximum absolute atomic E-state index is 11.5. The zero-order valence-corrected chi connectivity index (χ0v) is 7.42. The minimum absolute atomic E-state index is 0.0962. The standard InChI is InChI=1S/C8H12N2O3/c1-2-5-3-13-4-8(5)6(11)9-7(12)10-8/h5H,2-4H2,1H3,(H2,9,10,11,12). The number of hydrogen-bond donors (Lipinski definition) is 2. The number of carbonyl (C=O) groups is 2. The molecule has 2 unspecified atom stereocenters. The molecule has 5 heteroatoms. The van der Waals surface area contributed by atoms with Gasteiger partial charge in [0.15, 0.2) is 0 Å². The van der Waals surface area contributed by atoms with Crippen molar-refractivity contribution in [2.24, 2.45) is 5.92 Å². The van der Waals surface area contributed by atoms with Crippen LogP contribution in [0, 0.1) is 5.92 Å². The van der Waals surface area contributed by atoms with Gasteiger partial charge in [0.25, 0.3) is 5.91 Å². The van der Waals surface area contributed by atoms with Crippen LogP contribution >= 0.6 is 0 Å². The Labute approximate surface area is 75.8 Å². The zero-order valence-electron chi connectivity index (χ0n) is 7.42. The first-order chi connectivity index (χ1) is 6.19. The van der Waals surface area contributed by atoms with E-state index in [0.29, 0.717) is 13.2 Å². The van der Waals surface area contributed by atoms with Gasteiger partial charge in [0.1, 0.15) is 5.54 Å². The summed E-state index contributed by atoms with van der Waals surface area (Å²) in [4.78, 5) is 22.5. The van der Waals surface area contributed by atoms with Crippen molar-refractivity contribution >= 4 is 11.9 Å². The summed E-state index contributed by atoms with van der Waals surface area (Å²) in [6, 6.07) is -0.408. The number of nitrogens with one attached hydrogen (secondary N) is 2. The monoisotopic (exact) mass is 184 g/mol. The molecule has 2 aliphatic heterocycles. The van der Waals surface area contributed by atoms with Crippen molar-refractivity contribution in [3.8, 4) is 0 Å². The van der Waals surface area contributed by atoms with Gasteiger partial charge in [0.2, 0.25) is 0 Å². The minimum Gasteiger partial charge on any atom is -0.378 e. The number of rotatable bonds is 1. The van der Waals surface area contributed by atoms with Gasteiger partial charge in [-0.05, 0) is 6.42 Å². The van der Waals surface area contributed by atoms with E-state index in [1.807, 2.05) is 6.92 Å². The predicted octanol–water partition coefficient (Wildman–Crippen LogP) is -0.379. The summed E-state index contributed by atoms with van der Waals surface area (Å²) in [6.45, 7) is 2.83. The van der Waals surface area contributed by atoms with Crippen LogP contribution in [0.15, 0.2) is 0 Å². The smallest absolute Gasteiger partial charge is 0.322 e. The Morgan fingerprint density at radius 3 is 2.92 bits per heavy atom. The average molecular weight is 184 g/mol. The van der Waals surface area contributed by atoms with Gasteiger partial charge >= 0.3 is 6.03 Å². The third-order valence-electron chi connectivity index (χ3n) is 2.81. The summed E-state index contributed by atoms with van der Waals surface area (Å²) in [6.07, 6.45) is 0.827. The third-order valence-corrected chi connectivity index (χ3v) is 2.81. The van der Waals surface area contributed by atoms with Crippen molar-refractivity contribution in [2.75, 3.05) is 13.2 Å². The van der Waals surface area contributed by atoms with Crippen molar-refractivity contribution in [1.29, 1.82) is 0 Å². The quantitative estimate of drug-likeness (QED) is 0.546. The van der Waals surface area contributed by atoms with Crippen molar-refractivity contribution in [2.45, 2.75) is 18.9 Å². The van der Waals surface area contributed by atoms with Crippen LogP contribution in [0.2, 0.25) is 0 Å². The van der Waals surface area contributed by atoms with Crippen LogP contribution in [-0.2, 0) is 9.53 Å². The van der Waals surface area contributed by atoms with E-state index in [9.17, 15) is 9.59 Å². The van der Waals surface area contributed by atoms with E-state index in [-0.39, 0.29) is 11.8 Å². The van der Waals surface area contributed by atoms with Crippen molar-refractivity contribution in [1.82, 2.24) is 10.6 Å². The molecule has 2 rings (SSSR count). The molecular formula is C8H12N2O3. The molecule has 72 valence electrons. The maximum Gasteiger partial charge on any atom is 0.322 e. The molecule has 2 aliphatic rings. The van der Waals surface area contributed by atoms with Gasteiger partial charge in [-0.15, -0.1) is 0 Å². The highest BCUT2D eigenvalue weighted by Gasteiger charge is 2.54. The summed E-state index contributed by atoms with van der Waals surface area (Å²) in [5.74, 6) is -0.152. The van der Waals surface area contributed by atoms with E-state index in [1.165, 1.54) is 0 Å². The molecule has 3 amide bonds. The number of ether oxygens (including phenoxy) is 1. The number of carbonyl (C=O) groups excluding carboxylic acids is 2.